The first-order valence-electron chi connectivity index (χ1n) is 7.82. The molecule has 0 spiro atoms. The van der Waals surface area contributed by atoms with Crippen LogP contribution >= 0.6 is 23.3 Å². The van der Waals surface area contributed by atoms with Gasteiger partial charge in [-0.1, -0.05) is 25.1 Å². The molecule has 0 aliphatic heterocycles. The minimum atomic E-state index is 0.750. The van der Waals surface area contributed by atoms with Gasteiger partial charge in [-0.05, 0) is 48.4 Å². The van der Waals surface area contributed by atoms with Gasteiger partial charge in [0.2, 0.25) is 5.16 Å². The molecule has 0 fully saturated rings. The molecule has 0 amide bonds. The number of furan rings is 1. The van der Waals surface area contributed by atoms with Gasteiger partial charge in [0.05, 0.1) is 11.8 Å². The summed E-state index contributed by atoms with van der Waals surface area (Å²) in [5, 5.41) is 9.55. The smallest absolute Gasteiger partial charge is 0.203 e. The second-order valence-corrected chi connectivity index (χ2v) is 7.27. The van der Waals surface area contributed by atoms with Crippen molar-refractivity contribution in [3.8, 4) is 17.1 Å². The summed E-state index contributed by atoms with van der Waals surface area (Å²) >= 11 is 2.86. The summed E-state index contributed by atoms with van der Waals surface area (Å²) < 4.78 is 12.7. The Morgan fingerprint density at radius 1 is 1.16 bits per heavy atom. The number of hydrogen-bond acceptors (Lipinski definition) is 7. The normalized spacial score (nSPS) is 11.1. The standard InChI is InChI=1S/C17H15N5OS2/c1-3-14-18-17(25-21-14)24-16-20-19-15(13-9-10-23-11(13)2)22(16)12-7-5-4-6-8-12/h4-10H,3H2,1-2H3. The maximum Gasteiger partial charge on any atom is 0.203 e. The first-order valence-corrected chi connectivity index (χ1v) is 9.41. The van der Waals surface area contributed by atoms with Crippen molar-refractivity contribution in [2.75, 3.05) is 0 Å². The van der Waals surface area contributed by atoms with Crippen molar-refractivity contribution >= 4 is 23.3 Å². The number of benzene rings is 1. The number of aromatic nitrogens is 5. The van der Waals surface area contributed by atoms with Crippen LogP contribution < -0.4 is 0 Å². The summed E-state index contributed by atoms with van der Waals surface area (Å²) in [7, 11) is 0. The van der Waals surface area contributed by atoms with Crippen LogP contribution in [0.2, 0.25) is 0 Å². The molecule has 4 aromatic rings. The Labute approximate surface area is 153 Å². The third-order valence-corrected chi connectivity index (χ3v) is 5.43. The van der Waals surface area contributed by atoms with Gasteiger partial charge in [0.1, 0.15) is 11.6 Å². The number of aryl methyl sites for hydroxylation is 2. The number of rotatable bonds is 5. The van der Waals surface area contributed by atoms with Gasteiger partial charge in [0.15, 0.2) is 10.2 Å². The van der Waals surface area contributed by atoms with E-state index < -0.39 is 0 Å². The van der Waals surface area contributed by atoms with Gasteiger partial charge in [-0.25, -0.2) is 4.98 Å². The Morgan fingerprint density at radius 2 is 2.00 bits per heavy atom. The highest BCUT2D eigenvalue weighted by Crippen LogP contribution is 2.34. The van der Waals surface area contributed by atoms with E-state index in [2.05, 4.69) is 19.6 Å². The van der Waals surface area contributed by atoms with Crippen LogP contribution in [0, 0.1) is 6.92 Å². The molecule has 3 heterocycles. The zero-order chi connectivity index (χ0) is 17.2. The predicted molar refractivity (Wildman–Crippen MR) is 97.2 cm³/mol. The van der Waals surface area contributed by atoms with Crippen molar-refractivity contribution in [3.63, 3.8) is 0 Å². The lowest BCUT2D eigenvalue weighted by molar-refractivity contribution is 0.535. The summed E-state index contributed by atoms with van der Waals surface area (Å²) in [5.41, 5.74) is 1.92. The first-order chi connectivity index (χ1) is 12.3. The Hall–Kier alpha value is -2.45. The molecule has 0 unspecified atom stereocenters. The van der Waals surface area contributed by atoms with Crippen LogP contribution in [0.1, 0.15) is 18.5 Å². The average Bonchev–Trinajstić information content (AvgIpc) is 3.36. The first kappa shape index (κ1) is 16.0. The van der Waals surface area contributed by atoms with Crippen LogP contribution in [0.25, 0.3) is 17.1 Å². The maximum atomic E-state index is 5.45. The highest BCUT2D eigenvalue weighted by molar-refractivity contribution is 8.00. The zero-order valence-electron chi connectivity index (χ0n) is 13.7. The molecule has 0 atom stereocenters. The largest absolute Gasteiger partial charge is 0.469 e. The van der Waals surface area contributed by atoms with Crippen LogP contribution in [-0.4, -0.2) is 24.1 Å². The van der Waals surface area contributed by atoms with E-state index in [1.807, 2.05) is 54.8 Å². The topological polar surface area (TPSA) is 69.6 Å². The fourth-order valence-electron chi connectivity index (χ4n) is 2.44. The van der Waals surface area contributed by atoms with Gasteiger partial charge in [0.25, 0.3) is 0 Å². The number of nitrogens with zero attached hydrogens (tertiary/aromatic N) is 5. The van der Waals surface area contributed by atoms with Crippen LogP contribution in [0.5, 0.6) is 0 Å². The maximum absolute atomic E-state index is 5.45. The molecule has 126 valence electrons. The van der Waals surface area contributed by atoms with Crippen LogP contribution in [0.3, 0.4) is 0 Å². The van der Waals surface area contributed by atoms with Gasteiger partial charge in [0, 0.05) is 12.1 Å². The Balaban J connectivity index is 1.82. The molecule has 0 aliphatic rings. The molecule has 0 saturated heterocycles. The van der Waals surface area contributed by atoms with E-state index in [0.29, 0.717) is 0 Å². The molecule has 0 aliphatic carbocycles. The Morgan fingerprint density at radius 3 is 2.68 bits per heavy atom. The molecule has 6 nitrogen and oxygen atoms in total. The third-order valence-electron chi connectivity index (χ3n) is 3.69. The molecular weight excluding hydrogens is 354 g/mol. The molecule has 0 radical (unpaired) electrons. The van der Waals surface area contributed by atoms with E-state index in [1.54, 1.807) is 6.26 Å². The van der Waals surface area contributed by atoms with Crippen molar-refractivity contribution in [2.24, 2.45) is 0 Å². The van der Waals surface area contributed by atoms with Crippen molar-refractivity contribution in [3.05, 3.63) is 54.2 Å². The van der Waals surface area contributed by atoms with E-state index in [1.165, 1.54) is 23.3 Å². The lowest BCUT2D eigenvalue weighted by Gasteiger charge is -2.08. The van der Waals surface area contributed by atoms with Gasteiger partial charge in [-0.3, -0.25) is 4.57 Å². The van der Waals surface area contributed by atoms with E-state index in [0.717, 1.165) is 44.6 Å². The van der Waals surface area contributed by atoms with Crippen LogP contribution in [-0.2, 0) is 6.42 Å². The fraction of sp³-hybridized carbons (Fsp3) is 0.176. The Bertz CT molecular complexity index is 990. The van der Waals surface area contributed by atoms with Crippen LogP contribution in [0.4, 0.5) is 0 Å². The van der Waals surface area contributed by atoms with Crippen molar-refractivity contribution in [1.29, 1.82) is 0 Å². The second kappa shape index (κ2) is 6.81. The van der Waals surface area contributed by atoms with Gasteiger partial charge in [-0.15, -0.1) is 10.2 Å². The molecule has 0 saturated carbocycles. The van der Waals surface area contributed by atoms with E-state index in [4.69, 9.17) is 4.42 Å². The van der Waals surface area contributed by atoms with Crippen molar-refractivity contribution in [2.45, 2.75) is 29.8 Å². The monoisotopic (exact) mass is 369 g/mol. The molecule has 0 N–H and O–H groups in total. The molecule has 1 aromatic carbocycles. The summed E-state index contributed by atoms with van der Waals surface area (Å²) in [6.07, 6.45) is 2.49. The Kier molecular flexibility index (Phi) is 4.37. The van der Waals surface area contributed by atoms with Crippen molar-refractivity contribution in [1.82, 2.24) is 24.1 Å². The average molecular weight is 369 g/mol. The minimum Gasteiger partial charge on any atom is -0.469 e. The summed E-state index contributed by atoms with van der Waals surface area (Å²) in [5.74, 6) is 2.41. The highest BCUT2D eigenvalue weighted by atomic mass is 32.2. The molecule has 8 heteroatoms. The molecule has 4 rings (SSSR count). The lowest BCUT2D eigenvalue weighted by Crippen LogP contribution is -1.99. The molecule has 25 heavy (non-hydrogen) atoms. The lowest BCUT2D eigenvalue weighted by atomic mass is 10.2. The SMILES string of the molecule is CCc1nsc(Sc2nnc(-c3ccoc3C)n2-c2ccccc2)n1. The number of hydrogen-bond donors (Lipinski definition) is 0. The summed E-state index contributed by atoms with van der Waals surface area (Å²) in [4.78, 5) is 4.52. The second-order valence-electron chi connectivity index (χ2n) is 5.30. The summed E-state index contributed by atoms with van der Waals surface area (Å²) in [6, 6.07) is 12.0. The van der Waals surface area contributed by atoms with Gasteiger partial charge in [-0.2, -0.15) is 4.37 Å². The quantitative estimate of drug-likeness (QED) is 0.519. The molecule has 0 bridgehead atoms. The number of para-hydroxylation sites is 1. The predicted octanol–water partition coefficient (Wildman–Crippen LogP) is 4.40. The summed E-state index contributed by atoms with van der Waals surface area (Å²) in [6.45, 7) is 3.97. The minimum absolute atomic E-state index is 0.750. The van der Waals surface area contributed by atoms with E-state index in [9.17, 15) is 0 Å². The van der Waals surface area contributed by atoms with Gasteiger partial charge < -0.3 is 4.42 Å². The van der Waals surface area contributed by atoms with E-state index in [-0.39, 0.29) is 0 Å². The highest BCUT2D eigenvalue weighted by Gasteiger charge is 2.20. The molecular formula is C17H15N5OS2. The zero-order valence-corrected chi connectivity index (χ0v) is 15.3. The fourth-order valence-corrected chi connectivity index (χ4v) is 4.09. The third kappa shape index (κ3) is 3.10. The van der Waals surface area contributed by atoms with Crippen LogP contribution in [0.15, 0.2) is 56.6 Å². The molecule has 3 aromatic heterocycles. The van der Waals surface area contributed by atoms with Gasteiger partial charge >= 0.3 is 0 Å². The van der Waals surface area contributed by atoms with E-state index >= 15 is 0 Å². The van der Waals surface area contributed by atoms with Crippen molar-refractivity contribution < 1.29 is 4.42 Å².